The van der Waals surface area contributed by atoms with E-state index in [4.69, 9.17) is 9.84 Å². The molecule has 3 aromatic rings. The highest BCUT2D eigenvalue weighted by molar-refractivity contribution is 5.91. The quantitative estimate of drug-likeness (QED) is 0.406. The molecule has 0 aliphatic carbocycles. The Morgan fingerprint density at radius 2 is 2.03 bits per heavy atom. The highest BCUT2D eigenvalue weighted by Crippen LogP contribution is 2.24. The van der Waals surface area contributed by atoms with Crippen LogP contribution in [0.15, 0.2) is 36.7 Å². The molecule has 3 rings (SSSR count). The third-order valence-corrected chi connectivity index (χ3v) is 4.93. The molecule has 6 nitrogen and oxygen atoms in total. The molecule has 0 amide bonds. The van der Waals surface area contributed by atoms with Crippen molar-refractivity contribution in [2.45, 2.75) is 32.2 Å². The lowest BCUT2D eigenvalue weighted by Gasteiger charge is -2.09. The third kappa shape index (κ3) is 5.17. The molecule has 0 spiro atoms. The van der Waals surface area contributed by atoms with Gasteiger partial charge in [0.05, 0.1) is 23.9 Å². The number of unbranched alkanes of at least 4 members (excludes halogenated alkanes) is 2. The molecule has 0 radical (unpaired) electrons. The summed E-state index contributed by atoms with van der Waals surface area (Å²) in [6, 6.07) is 6.37. The predicted octanol–water partition coefficient (Wildman–Crippen LogP) is 3.68. The first-order valence-electron chi connectivity index (χ1n) is 9.80. The minimum atomic E-state index is -0.418. The van der Waals surface area contributed by atoms with Crippen LogP contribution in [0.1, 0.15) is 40.9 Å². The molecule has 154 valence electrons. The maximum Gasteiger partial charge on any atom is 0.338 e. The molecule has 0 aliphatic rings. The molecule has 2 aromatic heterocycles. The van der Waals surface area contributed by atoms with E-state index in [1.54, 1.807) is 24.5 Å². The molecule has 0 atom stereocenters. The third-order valence-electron chi connectivity index (χ3n) is 4.93. The zero-order chi connectivity index (χ0) is 20.8. The molecule has 0 fully saturated rings. The van der Waals surface area contributed by atoms with Crippen LogP contribution in [0.3, 0.4) is 0 Å². The van der Waals surface area contributed by atoms with Crippen LogP contribution in [0.2, 0.25) is 0 Å². The summed E-state index contributed by atoms with van der Waals surface area (Å²) in [5.41, 5.74) is 2.79. The molecular formula is C22H27FN4O2. The number of benzene rings is 1. The molecule has 0 aliphatic heterocycles. The Morgan fingerprint density at radius 1 is 1.21 bits per heavy atom. The van der Waals surface area contributed by atoms with Gasteiger partial charge in [-0.1, -0.05) is 6.42 Å². The number of fused-ring (bicyclic) bond motifs is 1. The van der Waals surface area contributed by atoms with E-state index in [2.05, 4.69) is 24.0 Å². The van der Waals surface area contributed by atoms with Gasteiger partial charge in [-0.3, -0.25) is 9.67 Å². The number of hydrogen-bond acceptors (Lipinski definition) is 5. The van der Waals surface area contributed by atoms with Gasteiger partial charge in [0.15, 0.2) is 0 Å². The van der Waals surface area contributed by atoms with Gasteiger partial charge in [-0.2, -0.15) is 5.10 Å². The van der Waals surface area contributed by atoms with Gasteiger partial charge in [0.2, 0.25) is 0 Å². The van der Waals surface area contributed by atoms with Crippen molar-refractivity contribution in [2.75, 3.05) is 27.7 Å². The van der Waals surface area contributed by atoms with Crippen molar-refractivity contribution >= 4 is 16.9 Å². The van der Waals surface area contributed by atoms with Crippen molar-refractivity contribution in [1.82, 2.24) is 19.7 Å². The normalized spacial score (nSPS) is 11.3. The van der Waals surface area contributed by atoms with E-state index in [-0.39, 0.29) is 5.82 Å². The Kier molecular flexibility index (Phi) is 6.93. The fourth-order valence-corrected chi connectivity index (χ4v) is 3.44. The summed E-state index contributed by atoms with van der Waals surface area (Å²) in [6.07, 6.45) is 6.81. The van der Waals surface area contributed by atoms with E-state index in [0.717, 1.165) is 48.9 Å². The van der Waals surface area contributed by atoms with Crippen molar-refractivity contribution in [2.24, 2.45) is 0 Å². The number of nitrogens with zero attached hydrogens (tertiary/aromatic N) is 4. The second-order valence-corrected chi connectivity index (χ2v) is 7.40. The molecule has 1 aromatic carbocycles. The highest BCUT2D eigenvalue weighted by Gasteiger charge is 2.17. The number of methoxy groups -OCH3 is 1. The van der Waals surface area contributed by atoms with Crippen LogP contribution in [-0.4, -0.2) is 53.4 Å². The molecule has 0 unspecified atom stereocenters. The summed E-state index contributed by atoms with van der Waals surface area (Å²) in [5, 5.41) is 5.51. The summed E-state index contributed by atoms with van der Waals surface area (Å²) in [4.78, 5) is 18.4. The van der Waals surface area contributed by atoms with E-state index >= 15 is 0 Å². The second kappa shape index (κ2) is 9.60. The number of carbonyl (C=O) groups excluding carboxylic acids is 1. The molecule has 0 saturated carbocycles. The van der Waals surface area contributed by atoms with E-state index < -0.39 is 5.97 Å². The average Bonchev–Trinajstić information content (AvgIpc) is 3.04. The van der Waals surface area contributed by atoms with Crippen molar-refractivity contribution in [1.29, 1.82) is 0 Å². The number of aryl methyl sites for hydroxylation is 1. The summed E-state index contributed by atoms with van der Waals surface area (Å²) < 4.78 is 20.7. The highest BCUT2D eigenvalue weighted by atomic mass is 19.1. The first kappa shape index (κ1) is 20.9. The number of esters is 1. The minimum Gasteiger partial charge on any atom is -0.465 e. The lowest BCUT2D eigenvalue weighted by molar-refractivity contribution is 0.0599. The number of pyridine rings is 1. The topological polar surface area (TPSA) is 60.2 Å². The summed E-state index contributed by atoms with van der Waals surface area (Å²) >= 11 is 0. The summed E-state index contributed by atoms with van der Waals surface area (Å²) in [5.74, 6) is -0.720. The second-order valence-electron chi connectivity index (χ2n) is 7.40. The molecule has 2 heterocycles. The fraction of sp³-hybridized carbons (Fsp3) is 0.409. The summed E-state index contributed by atoms with van der Waals surface area (Å²) in [6.45, 7) is 1.83. The van der Waals surface area contributed by atoms with Gasteiger partial charge in [0.1, 0.15) is 5.82 Å². The molecule has 0 saturated heterocycles. The number of aromatic nitrogens is 3. The first-order valence-corrected chi connectivity index (χ1v) is 9.80. The standard InChI is InChI=1S/C22H27FN4O2/c1-26(2)11-5-4-6-12-27-21-8-7-17(23)14-19(21)20(25-27)13-16-15-24-10-9-18(16)22(28)29-3/h7-10,14-15H,4-6,11-13H2,1-3H3. The zero-order valence-electron chi connectivity index (χ0n) is 17.2. The minimum absolute atomic E-state index is 0.302. The SMILES string of the molecule is COC(=O)c1ccncc1Cc1nn(CCCCCN(C)C)c2ccc(F)cc12. The van der Waals surface area contributed by atoms with Crippen LogP contribution >= 0.6 is 0 Å². The fourth-order valence-electron chi connectivity index (χ4n) is 3.44. The van der Waals surface area contributed by atoms with Crippen molar-refractivity contribution in [3.8, 4) is 0 Å². The van der Waals surface area contributed by atoms with E-state index in [9.17, 15) is 9.18 Å². The lowest BCUT2D eigenvalue weighted by atomic mass is 10.0. The van der Waals surface area contributed by atoms with Crippen LogP contribution in [0, 0.1) is 5.82 Å². The van der Waals surface area contributed by atoms with E-state index in [1.807, 2.05) is 4.68 Å². The van der Waals surface area contributed by atoms with Gasteiger partial charge >= 0.3 is 5.97 Å². The largest absolute Gasteiger partial charge is 0.465 e. The smallest absolute Gasteiger partial charge is 0.338 e. The van der Waals surface area contributed by atoms with Gasteiger partial charge in [-0.25, -0.2) is 9.18 Å². The molecular weight excluding hydrogens is 371 g/mol. The van der Waals surface area contributed by atoms with Crippen molar-refractivity contribution in [3.05, 3.63) is 59.3 Å². The molecule has 7 heteroatoms. The van der Waals surface area contributed by atoms with Gasteiger partial charge < -0.3 is 9.64 Å². The number of halogens is 1. The van der Waals surface area contributed by atoms with Gasteiger partial charge in [0.25, 0.3) is 0 Å². The maximum absolute atomic E-state index is 13.9. The monoisotopic (exact) mass is 398 g/mol. The predicted molar refractivity (Wildman–Crippen MR) is 110 cm³/mol. The number of hydrogen-bond donors (Lipinski definition) is 0. The van der Waals surface area contributed by atoms with Crippen LogP contribution in [-0.2, 0) is 17.7 Å². The first-order chi connectivity index (χ1) is 14.0. The van der Waals surface area contributed by atoms with Gasteiger partial charge in [0, 0.05) is 30.7 Å². The lowest BCUT2D eigenvalue weighted by Crippen LogP contribution is -2.13. The number of carbonyl (C=O) groups is 1. The van der Waals surface area contributed by atoms with E-state index in [1.165, 1.54) is 19.2 Å². The molecule has 0 bridgehead atoms. The van der Waals surface area contributed by atoms with Crippen LogP contribution in [0.5, 0.6) is 0 Å². The Balaban J connectivity index is 1.85. The number of ether oxygens (including phenoxy) is 1. The van der Waals surface area contributed by atoms with Crippen LogP contribution in [0.25, 0.3) is 10.9 Å². The van der Waals surface area contributed by atoms with Crippen LogP contribution in [0.4, 0.5) is 4.39 Å². The van der Waals surface area contributed by atoms with Crippen molar-refractivity contribution in [3.63, 3.8) is 0 Å². The molecule has 0 N–H and O–H groups in total. The van der Waals surface area contributed by atoms with E-state index in [0.29, 0.717) is 17.5 Å². The van der Waals surface area contributed by atoms with Gasteiger partial charge in [-0.05, 0) is 63.3 Å². The Labute approximate surface area is 170 Å². The average molecular weight is 398 g/mol. The van der Waals surface area contributed by atoms with Gasteiger partial charge in [-0.15, -0.1) is 0 Å². The maximum atomic E-state index is 13.9. The summed E-state index contributed by atoms with van der Waals surface area (Å²) in [7, 11) is 5.49. The Hall–Kier alpha value is -2.80. The zero-order valence-corrected chi connectivity index (χ0v) is 17.2. The molecule has 29 heavy (non-hydrogen) atoms. The Morgan fingerprint density at radius 3 is 2.79 bits per heavy atom. The van der Waals surface area contributed by atoms with Crippen molar-refractivity contribution < 1.29 is 13.9 Å². The van der Waals surface area contributed by atoms with Crippen LogP contribution < -0.4 is 0 Å². The Bertz CT molecular complexity index is 984. The number of rotatable bonds is 9.